The Hall–Kier alpha value is -1.50. The highest BCUT2D eigenvalue weighted by atomic mass is 19.1. The number of methoxy groups -OCH3 is 1. The van der Waals surface area contributed by atoms with Gasteiger partial charge in [-0.25, -0.2) is 4.39 Å². The van der Waals surface area contributed by atoms with Gasteiger partial charge in [-0.05, 0) is 43.9 Å². The van der Waals surface area contributed by atoms with Crippen LogP contribution in [-0.2, 0) is 16.1 Å². The Morgan fingerprint density at radius 3 is 2.74 bits per heavy atom. The first-order valence-corrected chi connectivity index (χ1v) is 8.01. The number of nitrogens with one attached hydrogen (secondary N) is 1. The van der Waals surface area contributed by atoms with Crippen LogP contribution in [0.15, 0.2) is 18.2 Å². The summed E-state index contributed by atoms with van der Waals surface area (Å²) in [5.74, 6) is -0.550. The Morgan fingerprint density at radius 1 is 1.30 bits per heavy atom. The molecule has 2 rings (SSSR count). The smallest absolute Gasteiger partial charge is 0.251 e. The molecule has 1 saturated carbocycles. The van der Waals surface area contributed by atoms with Crippen LogP contribution in [0.3, 0.4) is 0 Å². The van der Waals surface area contributed by atoms with Crippen LogP contribution in [0.4, 0.5) is 4.39 Å². The molecule has 0 unspecified atom stereocenters. The van der Waals surface area contributed by atoms with Crippen molar-refractivity contribution >= 4 is 5.91 Å². The van der Waals surface area contributed by atoms with E-state index in [1.807, 2.05) is 0 Å². The van der Waals surface area contributed by atoms with E-state index in [0.717, 1.165) is 25.7 Å². The Balaban J connectivity index is 1.92. The van der Waals surface area contributed by atoms with E-state index in [9.17, 15) is 9.18 Å². The molecule has 0 spiro atoms. The van der Waals surface area contributed by atoms with Crippen LogP contribution < -0.4 is 11.1 Å². The third-order valence-electron chi connectivity index (χ3n) is 4.10. The van der Waals surface area contributed by atoms with Gasteiger partial charge in [0.05, 0.1) is 19.8 Å². The van der Waals surface area contributed by atoms with Gasteiger partial charge >= 0.3 is 0 Å². The van der Waals surface area contributed by atoms with Crippen molar-refractivity contribution in [2.75, 3.05) is 20.3 Å². The van der Waals surface area contributed by atoms with Crippen LogP contribution >= 0.6 is 0 Å². The summed E-state index contributed by atoms with van der Waals surface area (Å²) in [6, 6.07) is 4.74. The quantitative estimate of drug-likeness (QED) is 0.752. The first-order valence-electron chi connectivity index (χ1n) is 8.01. The molecule has 1 aromatic rings. The lowest BCUT2D eigenvalue weighted by Crippen LogP contribution is -2.40. The first-order chi connectivity index (χ1) is 11.1. The largest absolute Gasteiger partial charge is 0.382 e. The van der Waals surface area contributed by atoms with Gasteiger partial charge in [-0.2, -0.15) is 0 Å². The topological polar surface area (TPSA) is 73.6 Å². The predicted molar refractivity (Wildman–Crippen MR) is 85.6 cm³/mol. The highest BCUT2D eigenvalue weighted by Gasteiger charge is 2.21. The highest BCUT2D eigenvalue weighted by Crippen LogP contribution is 2.18. The fraction of sp³-hybridized carbons (Fsp3) is 0.588. The van der Waals surface area contributed by atoms with Gasteiger partial charge in [0.15, 0.2) is 0 Å². The lowest BCUT2D eigenvalue weighted by Gasteiger charge is -2.26. The fourth-order valence-corrected chi connectivity index (χ4v) is 2.68. The van der Waals surface area contributed by atoms with E-state index < -0.39 is 0 Å². The van der Waals surface area contributed by atoms with E-state index >= 15 is 0 Å². The molecule has 6 heteroatoms. The number of carbonyl (C=O) groups is 1. The van der Waals surface area contributed by atoms with Crippen LogP contribution in [-0.4, -0.2) is 38.3 Å². The van der Waals surface area contributed by atoms with Crippen LogP contribution in [0, 0.1) is 5.82 Å². The zero-order valence-electron chi connectivity index (χ0n) is 13.5. The number of carbonyl (C=O) groups excluding carboxylic acids is 1. The Morgan fingerprint density at radius 2 is 2.04 bits per heavy atom. The fourth-order valence-electron chi connectivity index (χ4n) is 2.68. The van der Waals surface area contributed by atoms with E-state index in [2.05, 4.69) is 5.32 Å². The zero-order valence-corrected chi connectivity index (χ0v) is 13.5. The number of amides is 1. The maximum atomic E-state index is 13.8. The summed E-state index contributed by atoms with van der Waals surface area (Å²) < 4.78 is 24.0. The molecule has 1 aromatic carbocycles. The van der Waals surface area contributed by atoms with Gasteiger partial charge < -0.3 is 20.5 Å². The van der Waals surface area contributed by atoms with Crippen LogP contribution in [0.1, 0.15) is 41.6 Å². The van der Waals surface area contributed by atoms with E-state index in [-0.39, 0.29) is 30.4 Å². The summed E-state index contributed by atoms with van der Waals surface area (Å²) in [4.78, 5) is 12.3. The molecule has 0 saturated heterocycles. The molecule has 128 valence electrons. The number of nitrogens with two attached hydrogens (primary N) is 1. The molecule has 1 amide bonds. The highest BCUT2D eigenvalue weighted by molar-refractivity contribution is 5.94. The number of ether oxygens (including phenoxy) is 2. The molecule has 1 aliphatic rings. The number of halogens is 1. The van der Waals surface area contributed by atoms with Crippen molar-refractivity contribution in [1.82, 2.24) is 5.32 Å². The molecule has 3 N–H and O–H groups in total. The Labute approximate surface area is 136 Å². The molecule has 0 aliphatic heterocycles. The van der Waals surface area contributed by atoms with Crippen molar-refractivity contribution in [3.05, 3.63) is 35.1 Å². The molecule has 0 aromatic heterocycles. The average molecular weight is 324 g/mol. The lowest BCUT2D eigenvalue weighted by molar-refractivity contribution is 0.0603. The van der Waals surface area contributed by atoms with Crippen molar-refractivity contribution in [3.8, 4) is 0 Å². The molecule has 0 radical (unpaired) electrons. The average Bonchev–Trinajstić information content (AvgIpc) is 2.55. The lowest BCUT2D eigenvalue weighted by atomic mass is 9.91. The minimum Gasteiger partial charge on any atom is -0.382 e. The SMILES string of the molecule is COCCOCc1cc(C(=O)NC2CCC(N)CC2)ccc1F. The van der Waals surface area contributed by atoms with Gasteiger partial charge in [0.2, 0.25) is 0 Å². The van der Waals surface area contributed by atoms with E-state index in [1.165, 1.54) is 12.1 Å². The van der Waals surface area contributed by atoms with Gasteiger partial charge in [-0.15, -0.1) is 0 Å². The zero-order chi connectivity index (χ0) is 16.7. The summed E-state index contributed by atoms with van der Waals surface area (Å²) in [7, 11) is 1.58. The molecule has 0 heterocycles. The second-order valence-electron chi connectivity index (χ2n) is 5.94. The van der Waals surface area contributed by atoms with E-state index in [1.54, 1.807) is 13.2 Å². The minimum atomic E-state index is -0.373. The molecule has 5 nitrogen and oxygen atoms in total. The van der Waals surface area contributed by atoms with Gasteiger partial charge in [0, 0.05) is 30.3 Å². The molecule has 0 bridgehead atoms. The molecule has 1 fully saturated rings. The summed E-state index contributed by atoms with van der Waals surface area (Å²) in [6.45, 7) is 0.953. The number of rotatable bonds is 7. The Kier molecular flexibility index (Phi) is 6.95. The summed E-state index contributed by atoms with van der Waals surface area (Å²) in [5, 5.41) is 3.00. The molecular formula is C17H25FN2O3. The van der Waals surface area contributed by atoms with Crippen molar-refractivity contribution in [2.45, 2.75) is 44.4 Å². The predicted octanol–water partition coefficient (Wildman–Crippen LogP) is 1.99. The summed E-state index contributed by atoms with van der Waals surface area (Å²) >= 11 is 0. The molecular weight excluding hydrogens is 299 g/mol. The second kappa shape index (κ2) is 8.96. The molecule has 1 aliphatic carbocycles. The monoisotopic (exact) mass is 324 g/mol. The number of hydrogen-bond donors (Lipinski definition) is 2. The standard InChI is InChI=1S/C17H25FN2O3/c1-22-8-9-23-11-13-10-12(2-7-16(13)18)17(21)20-15-5-3-14(19)4-6-15/h2,7,10,14-15H,3-6,8-9,11,19H2,1H3,(H,20,21). The van der Waals surface area contributed by atoms with Crippen molar-refractivity contribution in [1.29, 1.82) is 0 Å². The number of hydrogen-bond acceptors (Lipinski definition) is 4. The van der Waals surface area contributed by atoms with Crippen LogP contribution in [0.25, 0.3) is 0 Å². The molecule has 23 heavy (non-hydrogen) atoms. The van der Waals surface area contributed by atoms with E-state index in [0.29, 0.717) is 24.3 Å². The van der Waals surface area contributed by atoms with Crippen molar-refractivity contribution < 1.29 is 18.7 Å². The van der Waals surface area contributed by atoms with Crippen LogP contribution in [0.2, 0.25) is 0 Å². The summed E-state index contributed by atoms with van der Waals surface area (Å²) in [5.41, 5.74) is 6.69. The van der Waals surface area contributed by atoms with Gasteiger partial charge in [-0.3, -0.25) is 4.79 Å². The van der Waals surface area contributed by atoms with Gasteiger partial charge in [0.25, 0.3) is 5.91 Å². The maximum absolute atomic E-state index is 13.8. The molecule has 0 atom stereocenters. The van der Waals surface area contributed by atoms with Crippen molar-refractivity contribution in [3.63, 3.8) is 0 Å². The van der Waals surface area contributed by atoms with Gasteiger partial charge in [-0.1, -0.05) is 0 Å². The Bertz CT molecular complexity index is 517. The van der Waals surface area contributed by atoms with Crippen molar-refractivity contribution in [2.24, 2.45) is 5.73 Å². The first kappa shape index (κ1) is 17.8. The maximum Gasteiger partial charge on any atom is 0.251 e. The third kappa shape index (κ3) is 5.57. The summed E-state index contributed by atoms with van der Waals surface area (Å²) in [6.07, 6.45) is 3.63. The third-order valence-corrected chi connectivity index (χ3v) is 4.10. The van der Waals surface area contributed by atoms with Crippen LogP contribution in [0.5, 0.6) is 0 Å². The minimum absolute atomic E-state index is 0.120. The normalized spacial score (nSPS) is 21.2. The number of benzene rings is 1. The van der Waals surface area contributed by atoms with E-state index in [4.69, 9.17) is 15.2 Å². The second-order valence-corrected chi connectivity index (χ2v) is 5.94. The van der Waals surface area contributed by atoms with Gasteiger partial charge in [0.1, 0.15) is 5.82 Å².